The zero-order chi connectivity index (χ0) is 10.4. The highest BCUT2D eigenvalue weighted by molar-refractivity contribution is 5.81. The molecule has 14 heavy (non-hydrogen) atoms. The van der Waals surface area contributed by atoms with E-state index < -0.39 is 0 Å². The molecular formula is C10H19N3O. The number of allylic oxidation sites excluding steroid dienone is 1. The van der Waals surface area contributed by atoms with Gasteiger partial charge >= 0.3 is 0 Å². The van der Waals surface area contributed by atoms with Gasteiger partial charge in [0.15, 0.2) is 0 Å². The van der Waals surface area contributed by atoms with Gasteiger partial charge in [0.05, 0.1) is 6.04 Å². The third-order valence-electron chi connectivity index (χ3n) is 2.45. The SMILES string of the molecule is C/C=C/CNC(=O)C(C)N1CCNC1. The summed E-state index contributed by atoms with van der Waals surface area (Å²) < 4.78 is 0. The fraction of sp³-hybridized carbons (Fsp3) is 0.700. The first-order chi connectivity index (χ1) is 6.75. The summed E-state index contributed by atoms with van der Waals surface area (Å²) in [7, 11) is 0. The first kappa shape index (κ1) is 11.2. The zero-order valence-corrected chi connectivity index (χ0v) is 8.92. The van der Waals surface area contributed by atoms with Crippen LogP contribution in [0.1, 0.15) is 13.8 Å². The monoisotopic (exact) mass is 197 g/mol. The van der Waals surface area contributed by atoms with Gasteiger partial charge < -0.3 is 10.6 Å². The maximum Gasteiger partial charge on any atom is 0.237 e. The van der Waals surface area contributed by atoms with Gasteiger partial charge in [0.1, 0.15) is 0 Å². The van der Waals surface area contributed by atoms with E-state index in [0.29, 0.717) is 6.54 Å². The molecule has 0 aromatic rings. The number of amides is 1. The summed E-state index contributed by atoms with van der Waals surface area (Å²) in [5.74, 6) is 0.104. The molecule has 2 N–H and O–H groups in total. The molecule has 80 valence electrons. The molecule has 1 aliphatic rings. The average Bonchev–Trinajstić information content (AvgIpc) is 2.69. The van der Waals surface area contributed by atoms with Crippen LogP contribution in [0, 0.1) is 0 Å². The minimum Gasteiger partial charge on any atom is -0.351 e. The lowest BCUT2D eigenvalue weighted by molar-refractivity contribution is -0.125. The molecule has 4 nitrogen and oxygen atoms in total. The van der Waals surface area contributed by atoms with Crippen LogP contribution < -0.4 is 10.6 Å². The molecule has 1 aliphatic heterocycles. The first-order valence-electron chi connectivity index (χ1n) is 5.09. The number of hydrogen-bond donors (Lipinski definition) is 2. The van der Waals surface area contributed by atoms with Crippen molar-refractivity contribution in [3.05, 3.63) is 12.2 Å². The molecule has 0 bridgehead atoms. The van der Waals surface area contributed by atoms with E-state index in [-0.39, 0.29) is 11.9 Å². The number of nitrogens with one attached hydrogen (secondary N) is 2. The Balaban J connectivity index is 2.28. The second-order valence-electron chi connectivity index (χ2n) is 3.46. The topological polar surface area (TPSA) is 44.4 Å². The summed E-state index contributed by atoms with van der Waals surface area (Å²) in [6.45, 7) is 7.27. The van der Waals surface area contributed by atoms with Gasteiger partial charge in [-0.15, -0.1) is 0 Å². The predicted octanol–water partition coefficient (Wildman–Crippen LogP) is -0.0701. The Morgan fingerprint density at radius 2 is 2.50 bits per heavy atom. The Labute approximate surface area is 85.3 Å². The number of rotatable bonds is 4. The molecule has 0 aliphatic carbocycles. The van der Waals surface area contributed by atoms with Crippen LogP contribution in [0.3, 0.4) is 0 Å². The summed E-state index contributed by atoms with van der Waals surface area (Å²) >= 11 is 0. The molecule has 1 heterocycles. The van der Waals surface area contributed by atoms with Crippen molar-refractivity contribution in [1.82, 2.24) is 15.5 Å². The first-order valence-corrected chi connectivity index (χ1v) is 5.09. The molecule has 0 spiro atoms. The van der Waals surface area contributed by atoms with E-state index in [1.54, 1.807) is 0 Å². The van der Waals surface area contributed by atoms with E-state index in [4.69, 9.17) is 0 Å². The van der Waals surface area contributed by atoms with Crippen LogP contribution in [0.25, 0.3) is 0 Å². The summed E-state index contributed by atoms with van der Waals surface area (Å²) in [6.07, 6.45) is 3.87. The molecule has 0 saturated carbocycles. The van der Waals surface area contributed by atoms with Crippen LogP contribution in [0.4, 0.5) is 0 Å². The Bertz CT molecular complexity index is 209. The maximum absolute atomic E-state index is 11.6. The molecule has 1 rings (SSSR count). The van der Waals surface area contributed by atoms with Crippen molar-refractivity contribution >= 4 is 5.91 Å². The molecule has 4 heteroatoms. The maximum atomic E-state index is 11.6. The van der Waals surface area contributed by atoms with Crippen molar-refractivity contribution in [1.29, 1.82) is 0 Å². The number of carbonyl (C=O) groups is 1. The van der Waals surface area contributed by atoms with Gasteiger partial charge in [-0.1, -0.05) is 12.2 Å². The third-order valence-corrected chi connectivity index (χ3v) is 2.45. The Morgan fingerprint density at radius 3 is 3.07 bits per heavy atom. The highest BCUT2D eigenvalue weighted by Crippen LogP contribution is 2.00. The van der Waals surface area contributed by atoms with Crippen LogP contribution in [-0.4, -0.2) is 43.2 Å². The average molecular weight is 197 g/mol. The van der Waals surface area contributed by atoms with Crippen molar-refractivity contribution in [3.8, 4) is 0 Å². The quantitative estimate of drug-likeness (QED) is 0.620. The van der Waals surface area contributed by atoms with Crippen molar-refractivity contribution in [2.45, 2.75) is 19.9 Å². The van der Waals surface area contributed by atoms with Gasteiger partial charge in [-0.3, -0.25) is 9.69 Å². The van der Waals surface area contributed by atoms with Gasteiger partial charge in [-0.25, -0.2) is 0 Å². The Kier molecular flexibility index (Phi) is 4.62. The van der Waals surface area contributed by atoms with Gasteiger partial charge in [-0.05, 0) is 13.8 Å². The number of carbonyl (C=O) groups excluding carboxylic acids is 1. The smallest absolute Gasteiger partial charge is 0.237 e. The number of nitrogens with zero attached hydrogens (tertiary/aromatic N) is 1. The van der Waals surface area contributed by atoms with E-state index in [9.17, 15) is 4.79 Å². The molecule has 0 radical (unpaired) electrons. The van der Waals surface area contributed by atoms with E-state index in [0.717, 1.165) is 19.8 Å². The molecule has 1 atom stereocenters. The molecule has 1 unspecified atom stereocenters. The standard InChI is InChI=1S/C10H19N3O/c1-3-4-5-12-10(14)9(2)13-7-6-11-8-13/h3-4,9,11H,5-8H2,1-2H3,(H,12,14)/b4-3+. The van der Waals surface area contributed by atoms with Gasteiger partial charge in [-0.2, -0.15) is 0 Å². The predicted molar refractivity (Wildman–Crippen MR) is 56.9 cm³/mol. The highest BCUT2D eigenvalue weighted by Gasteiger charge is 2.22. The molecule has 1 amide bonds. The van der Waals surface area contributed by atoms with Crippen LogP contribution in [0.5, 0.6) is 0 Å². The van der Waals surface area contributed by atoms with E-state index in [1.807, 2.05) is 26.0 Å². The summed E-state index contributed by atoms with van der Waals surface area (Å²) in [6, 6.07) is -0.0322. The lowest BCUT2D eigenvalue weighted by Gasteiger charge is -2.21. The van der Waals surface area contributed by atoms with E-state index in [1.165, 1.54) is 0 Å². The van der Waals surface area contributed by atoms with Crippen molar-refractivity contribution in [2.24, 2.45) is 0 Å². The fourth-order valence-electron chi connectivity index (χ4n) is 1.45. The third kappa shape index (κ3) is 3.12. The lowest BCUT2D eigenvalue weighted by Crippen LogP contribution is -2.44. The molecular weight excluding hydrogens is 178 g/mol. The zero-order valence-electron chi connectivity index (χ0n) is 8.92. The second kappa shape index (κ2) is 5.78. The minimum atomic E-state index is -0.0322. The van der Waals surface area contributed by atoms with Gasteiger partial charge in [0.25, 0.3) is 0 Å². The highest BCUT2D eigenvalue weighted by atomic mass is 16.2. The van der Waals surface area contributed by atoms with E-state index >= 15 is 0 Å². The molecule has 0 aromatic heterocycles. The largest absolute Gasteiger partial charge is 0.351 e. The molecule has 1 saturated heterocycles. The van der Waals surface area contributed by atoms with Crippen LogP contribution in [0.15, 0.2) is 12.2 Å². The summed E-state index contributed by atoms with van der Waals surface area (Å²) in [5, 5.41) is 6.07. The van der Waals surface area contributed by atoms with Crippen LogP contribution >= 0.6 is 0 Å². The minimum absolute atomic E-state index is 0.0322. The van der Waals surface area contributed by atoms with Crippen LogP contribution in [-0.2, 0) is 4.79 Å². The number of hydrogen-bond acceptors (Lipinski definition) is 3. The van der Waals surface area contributed by atoms with E-state index in [2.05, 4.69) is 15.5 Å². The van der Waals surface area contributed by atoms with Gasteiger partial charge in [0.2, 0.25) is 5.91 Å². The molecule has 0 aromatic carbocycles. The van der Waals surface area contributed by atoms with Crippen LogP contribution in [0.2, 0.25) is 0 Å². The normalized spacial score (nSPS) is 20.1. The Hall–Kier alpha value is -0.870. The lowest BCUT2D eigenvalue weighted by atomic mass is 10.3. The second-order valence-corrected chi connectivity index (χ2v) is 3.46. The van der Waals surface area contributed by atoms with Gasteiger partial charge in [0, 0.05) is 26.3 Å². The Morgan fingerprint density at radius 1 is 1.71 bits per heavy atom. The van der Waals surface area contributed by atoms with Crippen molar-refractivity contribution < 1.29 is 4.79 Å². The fourth-order valence-corrected chi connectivity index (χ4v) is 1.45. The van der Waals surface area contributed by atoms with Crippen molar-refractivity contribution in [3.63, 3.8) is 0 Å². The summed E-state index contributed by atoms with van der Waals surface area (Å²) in [5.41, 5.74) is 0. The van der Waals surface area contributed by atoms with Crippen molar-refractivity contribution in [2.75, 3.05) is 26.3 Å². The molecule has 1 fully saturated rings. The summed E-state index contributed by atoms with van der Waals surface area (Å²) in [4.78, 5) is 13.7.